The molecule has 2 unspecified atom stereocenters. The number of hydrogen-bond donors (Lipinski definition) is 1. The van der Waals surface area contributed by atoms with Crippen molar-refractivity contribution >= 4 is 21.6 Å². The van der Waals surface area contributed by atoms with Crippen molar-refractivity contribution in [2.45, 2.75) is 50.4 Å². The molecule has 0 amide bonds. The SMILES string of the molecule is Brc1cccc(NC2CC3(CC4(CCCC4)CO3)Oc3ccccc32)c1. The summed E-state index contributed by atoms with van der Waals surface area (Å²) in [6, 6.07) is 16.9. The van der Waals surface area contributed by atoms with E-state index in [-0.39, 0.29) is 6.04 Å². The smallest absolute Gasteiger partial charge is 0.213 e. The number of para-hydroxylation sites is 1. The Kier molecular flexibility index (Phi) is 4.02. The topological polar surface area (TPSA) is 30.5 Å². The van der Waals surface area contributed by atoms with Gasteiger partial charge in [0.25, 0.3) is 0 Å². The van der Waals surface area contributed by atoms with E-state index in [1.807, 2.05) is 6.07 Å². The maximum absolute atomic E-state index is 6.49. The van der Waals surface area contributed by atoms with E-state index in [0.717, 1.165) is 35.4 Å². The van der Waals surface area contributed by atoms with Crippen LogP contribution in [0.1, 0.15) is 50.1 Å². The molecule has 3 nitrogen and oxygen atoms in total. The lowest BCUT2D eigenvalue weighted by atomic mass is 9.80. The molecular weight excluding hydrogens is 390 g/mol. The van der Waals surface area contributed by atoms with E-state index in [0.29, 0.717) is 5.41 Å². The molecule has 2 aromatic rings. The van der Waals surface area contributed by atoms with E-state index >= 15 is 0 Å². The van der Waals surface area contributed by atoms with Crippen molar-refractivity contribution in [1.29, 1.82) is 0 Å². The number of anilines is 1. The van der Waals surface area contributed by atoms with Gasteiger partial charge in [-0.15, -0.1) is 0 Å². The van der Waals surface area contributed by atoms with Gasteiger partial charge < -0.3 is 14.8 Å². The third-order valence-electron chi connectivity index (χ3n) is 6.22. The van der Waals surface area contributed by atoms with Crippen molar-refractivity contribution in [1.82, 2.24) is 0 Å². The standard InChI is InChI=1S/C22H24BrNO2/c23-16-6-5-7-17(12-16)24-19-13-22(26-20-9-2-1-8-18(19)20)14-21(15-25-22)10-3-4-11-21/h1-2,5-9,12,19,24H,3-4,10-11,13-15H2. The lowest BCUT2D eigenvalue weighted by Crippen LogP contribution is -2.42. The van der Waals surface area contributed by atoms with Crippen LogP contribution in [0.15, 0.2) is 53.0 Å². The second kappa shape index (κ2) is 6.28. The number of rotatable bonds is 2. The zero-order valence-electron chi connectivity index (χ0n) is 14.8. The predicted octanol–water partition coefficient (Wildman–Crippen LogP) is 6.06. The number of ether oxygens (including phenoxy) is 2. The monoisotopic (exact) mass is 413 g/mol. The molecule has 2 aliphatic heterocycles. The summed E-state index contributed by atoms with van der Waals surface area (Å²) in [5.74, 6) is 0.476. The first-order chi connectivity index (χ1) is 12.7. The number of nitrogens with one attached hydrogen (secondary N) is 1. The average molecular weight is 414 g/mol. The highest BCUT2D eigenvalue weighted by Gasteiger charge is 2.54. The van der Waals surface area contributed by atoms with E-state index < -0.39 is 5.79 Å². The molecule has 1 aliphatic carbocycles. The first kappa shape index (κ1) is 16.6. The third kappa shape index (κ3) is 2.93. The molecule has 26 heavy (non-hydrogen) atoms. The molecule has 0 bridgehead atoms. The van der Waals surface area contributed by atoms with E-state index in [1.54, 1.807) is 0 Å². The molecule has 2 atom stereocenters. The van der Waals surface area contributed by atoms with Gasteiger partial charge in [-0.3, -0.25) is 0 Å². The van der Waals surface area contributed by atoms with Crippen LogP contribution in [0.3, 0.4) is 0 Å². The quantitative estimate of drug-likeness (QED) is 0.648. The lowest BCUT2D eigenvalue weighted by Gasteiger charge is -2.40. The minimum atomic E-state index is -0.484. The van der Waals surface area contributed by atoms with E-state index in [4.69, 9.17) is 9.47 Å². The highest BCUT2D eigenvalue weighted by atomic mass is 79.9. The van der Waals surface area contributed by atoms with Gasteiger partial charge >= 0.3 is 0 Å². The molecule has 136 valence electrons. The normalized spacial score (nSPS) is 28.9. The van der Waals surface area contributed by atoms with Crippen molar-refractivity contribution in [2.75, 3.05) is 11.9 Å². The average Bonchev–Trinajstić information content (AvgIpc) is 3.22. The molecule has 2 spiro atoms. The van der Waals surface area contributed by atoms with Crippen LogP contribution >= 0.6 is 15.9 Å². The third-order valence-corrected chi connectivity index (χ3v) is 6.71. The first-order valence-electron chi connectivity index (χ1n) is 9.60. The summed E-state index contributed by atoms with van der Waals surface area (Å²) in [5.41, 5.74) is 2.67. The molecule has 1 N–H and O–H groups in total. The molecule has 2 aromatic carbocycles. The van der Waals surface area contributed by atoms with Gasteiger partial charge in [0.1, 0.15) is 5.75 Å². The van der Waals surface area contributed by atoms with Crippen LogP contribution in [0.5, 0.6) is 5.75 Å². The Hall–Kier alpha value is -1.52. The summed E-state index contributed by atoms with van der Waals surface area (Å²) in [5, 5.41) is 3.72. The molecule has 2 fully saturated rings. The molecule has 1 saturated carbocycles. The summed E-state index contributed by atoms with van der Waals surface area (Å²) in [4.78, 5) is 0. The van der Waals surface area contributed by atoms with E-state index in [2.05, 4.69) is 63.7 Å². The van der Waals surface area contributed by atoms with Gasteiger partial charge in [0.05, 0.1) is 12.6 Å². The maximum Gasteiger partial charge on any atom is 0.213 e. The zero-order chi connectivity index (χ0) is 17.6. The first-order valence-corrected chi connectivity index (χ1v) is 10.4. The van der Waals surface area contributed by atoms with Crippen LogP contribution in [-0.4, -0.2) is 12.4 Å². The number of hydrogen-bond acceptors (Lipinski definition) is 3. The van der Waals surface area contributed by atoms with Gasteiger partial charge in [-0.2, -0.15) is 0 Å². The zero-order valence-corrected chi connectivity index (χ0v) is 16.4. The lowest BCUT2D eigenvalue weighted by molar-refractivity contribution is -0.164. The molecule has 2 heterocycles. The number of halogens is 1. The Morgan fingerprint density at radius 3 is 2.73 bits per heavy atom. The Balaban J connectivity index is 1.46. The highest BCUT2D eigenvalue weighted by Crippen LogP contribution is 2.55. The Morgan fingerprint density at radius 1 is 1.04 bits per heavy atom. The van der Waals surface area contributed by atoms with Crippen LogP contribution in [0, 0.1) is 5.41 Å². The fourth-order valence-corrected chi connectivity index (χ4v) is 5.43. The number of fused-ring (bicyclic) bond motifs is 1. The van der Waals surface area contributed by atoms with Gasteiger partial charge in [0, 0.05) is 34.0 Å². The largest absolute Gasteiger partial charge is 0.462 e. The highest BCUT2D eigenvalue weighted by molar-refractivity contribution is 9.10. The van der Waals surface area contributed by atoms with Gasteiger partial charge in [-0.1, -0.05) is 53.0 Å². The van der Waals surface area contributed by atoms with Crippen LogP contribution < -0.4 is 10.1 Å². The molecule has 3 aliphatic rings. The van der Waals surface area contributed by atoms with Crippen LogP contribution in [-0.2, 0) is 4.74 Å². The summed E-state index contributed by atoms with van der Waals surface area (Å²) >= 11 is 3.57. The predicted molar refractivity (Wildman–Crippen MR) is 106 cm³/mol. The fourth-order valence-electron chi connectivity index (χ4n) is 5.03. The molecule has 0 aromatic heterocycles. The van der Waals surface area contributed by atoms with Crippen molar-refractivity contribution in [3.8, 4) is 5.75 Å². The van der Waals surface area contributed by atoms with E-state index in [1.165, 1.54) is 31.2 Å². The van der Waals surface area contributed by atoms with Crippen LogP contribution in [0.2, 0.25) is 0 Å². The Labute approximate surface area is 163 Å². The molecule has 4 heteroatoms. The molecule has 5 rings (SSSR count). The molecule has 1 saturated heterocycles. The van der Waals surface area contributed by atoms with Gasteiger partial charge in [0.2, 0.25) is 5.79 Å². The number of benzene rings is 2. The molecule has 0 radical (unpaired) electrons. The summed E-state index contributed by atoms with van der Waals surface area (Å²) < 4.78 is 14.0. The van der Waals surface area contributed by atoms with Gasteiger partial charge in [-0.25, -0.2) is 0 Å². The summed E-state index contributed by atoms with van der Waals surface area (Å²) in [6.07, 6.45) is 7.09. The minimum Gasteiger partial charge on any atom is -0.462 e. The molecular formula is C22H24BrNO2. The van der Waals surface area contributed by atoms with Crippen LogP contribution in [0.4, 0.5) is 5.69 Å². The second-order valence-corrected chi connectivity index (χ2v) is 9.05. The van der Waals surface area contributed by atoms with Crippen molar-refractivity contribution < 1.29 is 9.47 Å². The maximum atomic E-state index is 6.49. The fraction of sp³-hybridized carbons (Fsp3) is 0.455. The minimum absolute atomic E-state index is 0.186. The second-order valence-electron chi connectivity index (χ2n) is 8.13. The van der Waals surface area contributed by atoms with Crippen LogP contribution in [0.25, 0.3) is 0 Å². The summed E-state index contributed by atoms with van der Waals surface area (Å²) in [6.45, 7) is 0.846. The van der Waals surface area contributed by atoms with Crippen molar-refractivity contribution in [3.63, 3.8) is 0 Å². The van der Waals surface area contributed by atoms with Gasteiger partial charge in [-0.05, 0) is 37.1 Å². The van der Waals surface area contributed by atoms with Gasteiger partial charge in [0.15, 0.2) is 0 Å². The summed E-state index contributed by atoms with van der Waals surface area (Å²) in [7, 11) is 0. The Bertz CT molecular complexity index is 817. The van der Waals surface area contributed by atoms with Crippen molar-refractivity contribution in [2.24, 2.45) is 5.41 Å². The van der Waals surface area contributed by atoms with Crippen molar-refractivity contribution in [3.05, 3.63) is 58.6 Å². The van der Waals surface area contributed by atoms with E-state index in [9.17, 15) is 0 Å². The Morgan fingerprint density at radius 2 is 1.88 bits per heavy atom.